The van der Waals surface area contributed by atoms with Crippen molar-refractivity contribution in [2.45, 2.75) is 13.0 Å². The molecule has 1 amide bonds. The Morgan fingerprint density at radius 1 is 1.44 bits per heavy atom. The molecule has 2 aromatic heterocycles. The number of amides is 1. The first kappa shape index (κ1) is 12.6. The van der Waals surface area contributed by atoms with Crippen LogP contribution in [-0.2, 0) is 4.79 Å². The summed E-state index contributed by atoms with van der Waals surface area (Å²) in [5.41, 5.74) is 0. The minimum absolute atomic E-state index is 0.0349. The van der Waals surface area contributed by atoms with Gasteiger partial charge in [0, 0.05) is 18.0 Å². The van der Waals surface area contributed by atoms with Crippen molar-refractivity contribution in [3.05, 3.63) is 52.6 Å². The molecule has 1 unspecified atom stereocenters. The first-order chi connectivity index (χ1) is 8.68. The predicted molar refractivity (Wildman–Crippen MR) is 73.2 cm³/mol. The lowest BCUT2D eigenvalue weighted by Gasteiger charge is -2.22. The second-order valence-corrected chi connectivity index (χ2v) is 4.97. The minimum atomic E-state index is -0.0349. The van der Waals surface area contributed by atoms with Crippen molar-refractivity contribution in [3.63, 3.8) is 0 Å². The molecule has 0 N–H and O–H groups in total. The number of hydrogen-bond donors (Lipinski definition) is 0. The Morgan fingerprint density at radius 3 is 2.89 bits per heavy atom. The van der Waals surface area contributed by atoms with E-state index in [4.69, 9.17) is 4.42 Å². The highest BCUT2D eigenvalue weighted by Gasteiger charge is 2.15. The van der Waals surface area contributed by atoms with E-state index in [1.807, 2.05) is 30.5 Å². The maximum Gasteiger partial charge on any atom is 0.246 e. The quantitative estimate of drug-likeness (QED) is 0.788. The van der Waals surface area contributed by atoms with E-state index >= 15 is 0 Å². The van der Waals surface area contributed by atoms with Gasteiger partial charge < -0.3 is 9.32 Å². The lowest BCUT2D eigenvalue weighted by atomic mass is 10.2. The summed E-state index contributed by atoms with van der Waals surface area (Å²) in [5.74, 6) is 0.646. The largest absolute Gasteiger partial charge is 0.465 e. The number of carbonyl (C=O) groups is 1. The fraction of sp³-hybridized carbons (Fsp3) is 0.214. The van der Waals surface area contributed by atoms with Crippen LogP contribution in [0.5, 0.6) is 0 Å². The van der Waals surface area contributed by atoms with Crippen LogP contribution in [0.4, 0.5) is 0 Å². The van der Waals surface area contributed by atoms with Gasteiger partial charge in [-0.3, -0.25) is 4.79 Å². The summed E-state index contributed by atoms with van der Waals surface area (Å²) in [5, 5.41) is 2.02. The van der Waals surface area contributed by atoms with Gasteiger partial charge in [0.2, 0.25) is 5.91 Å². The number of thiophene rings is 1. The topological polar surface area (TPSA) is 33.5 Å². The highest BCUT2D eigenvalue weighted by atomic mass is 32.1. The zero-order valence-electron chi connectivity index (χ0n) is 10.4. The second kappa shape index (κ2) is 5.69. The zero-order valence-corrected chi connectivity index (χ0v) is 11.2. The third-order valence-electron chi connectivity index (χ3n) is 2.82. The molecule has 2 heterocycles. The number of furan rings is 1. The van der Waals surface area contributed by atoms with Gasteiger partial charge in [-0.05, 0) is 36.6 Å². The van der Waals surface area contributed by atoms with Crippen molar-refractivity contribution in [1.29, 1.82) is 0 Å². The van der Waals surface area contributed by atoms with Gasteiger partial charge in [-0.1, -0.05) is 6.07 Å². The van der Waals surface area contributed by atoms with Crippen LogP contribution in [0.1, 0.15) is 23.6 Å². The zero-order chi connectivity index (χ0) is 13.0. The third kappa shape index (κ3) is 2.90. The summed E-state index contributed by atoms with van der Waals surface area (Å²) in [6.07, 6.45) is 4.80. The number of hydrogen-bond acceptors (Lipinski definition) is 3. The molecule has 2 rings (SSSR count). The molecule has 2 aromatic rings. The Kier molecular flexibility index (Phi) is 3.99. The van der Waals surface area contributed by atoms with Crippen LogP contribution in [0.3, 0.4) is 0 Å². The molecule has 0 aliphatic heterocycles. The molecule has 1 atom stereocenters. The van der Waals surface area contributed by atoms with E-state index in [1.165, 1.54) is 11.0 Å². The fourth-order valence-corrected chi connectivity index (χ4v) is 2.39. The minimum Gasteiger partial charge on any atom is -0.465 e. The van der Waals surface area contributed by atoms with Crippen molar-refractivity contribution >= 4 is 23.3 Å². The molecule has 0 fully saturated rings. The molecule has 4 heteroatoms. The van der Waals surface area contributed by atoms with E-state index in [0.29, 0.717) is 5.76 Å². The standard InChI is InChI=1S/C14H15NO2S/c1-11(13-6-4-10-18-13)15(2)14(16)8-7-12-5-3-9-17-12/h3-11H,1-2H3/b8-7+. The van der Waals surface area contributed by atoms with E-state index < -0.39 is 0 Å². The molecule has 0 spiro atoms. The van der Waals surface area contributed by atoms with Crippen LogP contribution < -0.4 is 0 Å². The SMILES string of the molecule is CC(c1cccs1)N(C)C(=O)/C=C/c1ccco1. The number of rotatable bonds is 4. The summed E-state index contributed by atoms with van der Waals surface area (Å²) < 4.78 is 5.14. The van der Waals surface area contributed by atoms with Crippen molar-refractivity contribution in [2.24, 2.45) is 0 Å². The Morgan fingerprint density at radius 2 is 2.28 bits per heavy atom. The Hall–Kier alpha value is -1.81. The average molecular weight is 261 g/mol. The van der Waals surface area contributed by atoms with Crippen LogP contribution in [0.25, 0.3) is 6.08 Å². The van der Waals surface area contributed by atoms with Gasteiger partial charge in [0.1, 0.15) is 5.76 Å². The number of likely N-dealkylation sites (N-methyl/N-ethyl adjacent to an activating group) is 1. The Bertz CT molecular complexity index is 514. The summed E-state index contributed by atoms with van der Waals surface area (Å²) in [6.45, 7) is 2.02. The van der Waals surface area contributed by atoms with Crippen molar-refractivity contribution in [1.82, 2.24) is 4.90 Å². The van der Waals surface area contributed by atoms with Gasteiger partial charge in [0.15, 0.2) is 0 Å². The molecule has 0 saturated carbocycles. The second-order valence-electron chi connectivity index (χ2n) is 3.99. The van der Waals surface area contributed by atoms with E-state index in [-0.39, 0.29) is 11.9 Å². The number of nitrogens with zero attached hydrogens (tertiary/aromatic N) is 1. The summed E-state index contributed by atoms with van der Waals surface area (Å²) in [4.78, 5) is 14.9. The molecule has 0 radical (unpaired) electrons. The highest BCUT2D eigenvalue weighted by Crippen LogP contribution is 2.23. The maximum atomic E-state index is 12.0. The van der Waals surface area contributed by atoms with Gasteiger partial charge in [0.05, 0.1) is 12.3 Å². The smallest absolute Gasteiger partial charge is 0.246 e. The lowest BCUT2D eigenvalue weighted by Crippen LogP contribution is -2.27. The van der Waals surface area contributed by atoms with Gasteiger partial charge in [-0.15, -0.1) is 11.3 Å². The Labute approximate surface area is 110 Å². The Balaban J connectivity index is 2.01. The number of carbonyl (C=O) groups excluding carboxylic acids is 1. The van der Waals surface area contributed by atoms with E-state index in [0.717, 1.165) is 0 Å². The predicted octanol–water partition coefficient (Wildman–Crippen LogP) is 3.57. The molecular formula is C14H15NO2S. The van der Waals surface area contributed by atoms with Crippen molar-refractivity contribution in [2.75, 3.05) is 7.05 Å². The maximum absolute atomic E-state index is 12.0. The first-order valence-electron chi connectivity index (χ1n) is 5.70. The molecule has 18 heavy (non-hydrogen) atoms. The third-order valence-corrected chi connectivity index (χ3v) is 3.86. The van der Waals surface area contributed by atoms with Crippen LogP contribution in [0.15, 0.2) is 46.4 Å². The van der Waals surface area contributed by atoms with Crippen LogP contribution in [-0.4, -0.2) is 17.9 Å². The normalized spacial score (nSPS) is 12.8. The first-order valence-corrected chi connectivity index (χ1v) is 6.58. The lowest BCUT2D eigenvalue weighted by molar-refractivity contribution is -0.126. The molecular weight excluding hydrogens is 246 g/mol. The molecule has 0 aromatic carbocycles. The van der Waals surface area contributed by atoms with Crippen LogP contribution in [0, 0.1) is 0 Å². The molecule has 0 aliphatic carbocycles. The van der Waals surface area contributed by atoms with Gasteiger partial charge in [-0.2, -0.15) is 0 Å². The van der Waals surface area contributed by atoms with Gasteiger partial charge in [-0.25, -0.2) is 0 Å². The van der Waals surface area contributed by atoms with Crippen LogP contribution >= 0.6 is 11.3 Å². The molecule has 0 saturated heterocycles. The van der Waals surface area contributed by atoms with Crippen molar-refractivity contribution < 1.29 is 9.21 Å². The molecule has 3 nitrogen and oxygen atoms in total. The van der Waals surface area contributed by atoms with Crippen molar-refractivity contribution in [3.8, 4) is 0 Å². The highest BCUT2D eigenvalue weighted by molar-refractivity contribution is 7.10. The molecule has 0 bridgehead atoms. The fourth-order valence-electron chi connectivity index (χ4n) is 1.57. The average Bonchev–Trinajstić information content (AvgIpc) is 3.06. The van der Waals surface area contributed by atoms with E-state index in [2.05, 4.69) is 0 Å². The van der Waals surface area contributed by atoms with Crippen LogP contribution in [0.2, 0.25) is 0 Å². The van der Waals surface area contributed by atoms with Gasteiger partial charge in [0.25, 0.3) is 0 Å². The summed E-state index contributed by atoms with van der Waals surface area (Å²) in [6, 6.07) is 7.72. The summed E-state index contributed by atoms with van der Waals surface area (Å²) in [7, 11) is 1.80. The van der Waals surface area contributed by atoms with Gasteiger partial charge >= 0.3 is 0 Å². The molecule has 0 aliphatic rings. The van der Waals surface area contributed by atoms with E-state index in [9.17, 15) is 4.79 Å². The monoisotopic (exact) mass is 261 g/mol. The van der Waals surface area contributed by atoms with E-state index in [1.54, 1.807) is 41.7 Å². The molecule has 94 valence electrons. The summed E-state index contributed by atoms with van der Waals surface area (Å²) >= 11 is 1.66.